The van der Waals surface area contributed by atoms with Crippen LogP contribution in [0.2, 0.25) is 0 Å². The molecule has 0 amide bonds. The van der Waals surface area contributed by atoms with Crippen molar-refractivity contribution in [3.63, 3.8) is 0 Å². The van der Waals surface area contributed by atoms with Gasteiger partial charge in [-0.25, -0.2) is 9.18 Å². The number of carboxylic acid groups (broad SMARTS) is 1. The molecule has 1 N–H and O–H groups in total. The van der Waals surface area contributed by atoms with E-state index < -0.39 is 11.8 Å². The van der Waals surface area contributed by atoms with Crippen molar-refractivity contribution >= 4 is 28.0 Å². The average Bonchev–Trinajstić information content (AvgIpc) is 2.01. The summed E-state index contributed by atoms with van der Waals surface area (Å²) >= 11 is 3.15. The maximum absolute atomic E-state index is 13.3. The molecule has 0 fully saturated rings. The van der Waals surface area contributed by atoms with E-state index in [4.69, 9.17) is 5.11 Å². The molecule has 0 bridgehead atoms. The van der Waals surface area contributed by atoms with E-state index >= 15 is 0 Å². The number of halogens is 2. The van der Waals surface area contributed by atoms with Crippen molar-refractivity contribution in [2.45, 2.75) is 6.92 Å². The monoisotopic (exact) mass is 258 g/mol. The van der Waals surface area contributed by atoms with Crippen molar-refractivity contribution in [3.05, 3.63) is 39.6 Å². The Labute approximate surface area is 89.2 Å². The third-order valence-corrected chi connectivity index (χ3v) is 2.15. The summed E-state index contributed by atoms with van der Waals surface area (Å²) in [4.78, 5) is 10.2. The maximum atomic E-state index is 13.3. The minimum atomic E-state index is -1.09. The highest BCUT2D eigenvalue weighted by atomic mass is 79.9. The number of carbonyl (C=O) groups is 1. The van der Waals surface area contributed by atoms with E-state index in [0.29, 0.717) is 15.6 Å². The molecule has 0 saturated carbocycles. The Bertz CT molecular complexity index is 376. The molecule has 0 unspecified atom stereocenters. The Hall–Kier alpha value is -1.16. The second-order valence-electron chi connectivity index (χ2n) is 2.79. The third kappa shape index (κ3) is 2.67. The van der Waals surface area contributed by atoms with Gasteiger partial charge in [0.25, 0.3) is 0 Å². The second kappa shape index (κ2) is 4.37. The van der Waals surface area contributed by atoms with Gasteiger partial charge in [-0.1, -0.05) is 15.9 Å². The molecule has 0 heterocycles. The highest BCUT2D eigenvalue weighted by molar-refractivity contribution is 9.10. The first-order valence-electron chi connectivity index (χ1n) is 3.87. The van der Waals surface area contributed by atoms with E-state index in [-0.39, 0.29) is 0 Å². The number of rotatable bonds is 2. The molecule has 0 saturated heterocycles. The summed E-state index contributed by atoms with van der Waals surface area (Å²) in [5.41, 5.74) is 0.991. The molecule has 4 heteroatoms. The Balaban J connectivity index is 3.15. The summed E-state index contributed by atoms with van der Waals surface area (Å²) in [6, 6.07) is 3.03. The van der Waals surface area contributed by atoms with Gasteiger partial charge in [0, 0.05) is 16.1 Å². The zero-order valence-corrected chi connectivity index (χ0v) is 9.01. The highest BCUT2D eigenvalue weighted by Gasteiger charge is 2.04. The number of aryl methyl sites for hydroxylation is 1. The molecule has 0 spiro atoms. The minimum absolute atomic E-state index is 0.301. The Morgan fingerprint density at radius 3 is 2.71 bits per heavy atom. The fourth-order valence-corrected chi connectivity index (χ4v) is 1.62. The predicted molar refractivity (Wildman–Crippen MR) is 55.5 cm³/mol. The lowest BCUT2D eigenvalue weighted by Crippen LogP contribution is -1.90. The summed E-state index contributed by atoms with van der Waals surface area (Å²) in [7, 11) is 0. The maximum Gasteiger partial charge on any atom is 0.328 e. The van der Waals surface area contributed by atoms with Gasteiger partial charge < -0.3 is 5.11 Å². The van der Waals surface area contributed by atoms with Crippen LogP contribution in [0.3, 0.4) is 0 Å². The molecule has 0 radical (unpaired) electrons. The van der Waals surface area contributed by atoms with Crippen molar-refractivity contribution in [2.24, 2.45) is 0 Å². The first-order chi connectivity index (χ1) is 6.50. The van der Waals surface area contributed by atoms with Crippen molar-refractivity contribution in [3.8, 4) is 0 Å². The Morgan fingerprint density at radius 1 is 1.57 bits per heavy atom. The largest absolute Gasteiger partial charge is 0.478 e. The van der Waals surface area contributed by atoms with Crippen LogP contribution in [-0.2, 0) is 4.79 Å². The van der Waals surface area contributed by atoms with E-state index in [0.717, 1.165) is 6.08 Å². The fourth-order valence-electron chi connectivity index (χ4n) is 1.08. The highest BCUT2D eigenvalue weighted by Crippen LogP contribution is 2.20. The summed E-state index contributed by atoms with van der Waals surface area (Å²) in [6.07, 6.45) is 2.17. The van der Waals surface area contributed by atoms with Crippen LogP contribution in [0.4, 0.5) is 4.39 Å². The molecule has 0 atom stereocenters. The quantitative estimate of drug-likeness (QED) is 0.829. The summed E-state index contributed by atoms with van der Waals surface area (Å²) in [5, 5.41) is 8.39. The Morgan fingerprint density at radius 2 is 2.21 bits per heavy atom. The SMILES string of the molecule is Cc1cc(Br)cc(F)c1/C=C/C(=O)O. The predicted octanol–water partition coefficient (Wildman–Crippen LogP) is 2.99. The molecular weight excluding hydrogens is 251 g/mol. The van der Waals surface area contributed by atoms with E-state index in [1.54, 1.807) is 13.0 Å². The summed E-state index contributed by atoms with van der Waals surface area (Å²) in [6.45, 7) is 1.72. The molecule has 1 aromatic rings. The number of aliphatic carboxylic acids is 1. The van der Waals surface area contributed by atoms with Crippen LogP contribution in [0.15, 0.2) is 22.7 Å². The van der Waals surface area contributed by atoms with Crippen LogP contribution >= 0.6 is 15.9 Å². The first kappa shape index (κ1) is 10.9. The second-order valence-corrected chi connectivity index (χ2v) is 3.71. The lowest BCUT2D eigenvalue weighted by molar-refractivity contribution is -0.131. The molecule has 1 rings (SSSR count). The van der Waals surface area contributed by atoms with Gasteiger partial charge >= 0.3 is 5.97 Å². The lowest BCUT2D eigenvalue weighted by atomic mass is 10.1. The van der Waals surface area contributed by atoms with Crippen molar-refractivity contribution < 1.29 is 14.3 Å². The normalized spacial score (nSPS) is 10.8. The Kier molecular flexibility index (Phi) is 3.41. The standard InChI is InChI=1S/C10H8BrFO2/c1-6-4-7(11)5-9(12)8(6)2-3-10(13)14/h2-5H,1H3,(H,13,14)/b3-2+. The third-order valence-electron chi connectivity index (χ3n) is 1.69. The zero-order valence-electron chi connectivity index (χ0n) is 7.42. The number of benzene rings is 1. The van der Waals surface area contributed by atoms with Crippen molar-refractivity contribution in [1.29, 1.82) is 0 Å². The van der Waals surface area contributed by atoms with Gasteiger partial charge in [-0.3, -0.25) is 0 Å². The molecule has 0 aliphatic heterocycles. The molecule has 14 heavy (non-hydrogen) atoms. The van der Waals surface area contributed by atoms with Crippen LogP contribution in [0, 0.1) is 12.7 Å². The summed E-state index contributed by atoms with van der Waals surface area (Å²) < 4.78 is 13.9. The zero-order chi connectivity index (χ0) is 10.7. The summed E-state index contributed by atoms with van der Waals surface area (Å²) in [5.74, 6) is -1.53. The van der Waals surface area contributed by atoms with Crippen LogP contribution < -0.4 is 0 Å². The topological polar surface area (TPSA) is 37.3 Å². The number of carboxylic acids is 1. The van der Waals surface area contributed by atoms with E-state index in [1.165, 1.54) is 12.1 Å². The molecule has 1 aromatic carbocycles. The molecule has 2 nitrogen and oxygen atoms in total. The smallest absolute Gasteiger partial charge is 0.328 e. The van der Waals surface area contributed by atoms with Gasteiger partial charge in [0.2, 0.25) is 0 Å². The average molecular weight is 259 g/mol. The van der Waals surface area contributed by atoms with E-state index in [9.17, 15) is 9.18 Å². The number of hydrogen-bond acceptors (Lipinski definition) is 1. The molecule has 0 aliphatic carbocycles. The first-order valence-corrected chi connectivity index (χ1v) is 4.66. The van der Waals surface area contributed by atoms with Gasteiger partial charge in [-0.05, 0) is 30.7 Å². The van der Waals surface area contributed by atoms with Crippen LogP contribution in [0.1, 0.15) is 11.1 Å². The number of hydrogen-bond donors (Lipinski definition) is 1. The van der Waals surface area contributed by atoms with Gasteiger partial charge in [0.1, 0.15) is 5.82 Å². The lowest BCUT2D eigenvalue weighted by Gasteiger charge is -2.02. The van der Waals surface area contributed by atoms with Crippen LogP contribution in [-0.4, -0.2) is 11.1 Å². The van der Waals surface area contributed by atoms with Crippen LogP contribution in [0.5, 0.6) is 0 Å². The van der Waals surface area contributed by atoms with Gasteiger partial charge in [-0.2, -0.15) is 0 Å². The van der Waals surface area contributed by atoms with Crippen molar-refractivity contribution in [1.82, 2.24) is 0 Å². The van der Waals surface area contributed by atoms with Gasteiger partial charge in [0.15, 0.2) is 0 Å². The van der Waals surface area contributed by atoms with E-state index in [1.807, 2.05) is 0 Å². The fraction of sp³-hybridized carbons (Fsp3) is 0.100. The van der Waals surface area contributed by atoms with Crippen LogP contribution in [0.25, 0.3) is 6.08 Å². The van der Waals surface area contributed by atoms with Crippen molar-refractivity contribution in [2.75, 3.05) is 0 Å². The molecule has 0 aromatic heterocycles. The van der Waals surface area contributed by atoms with Gasteiger partial charge in [-0.15, -0.1) is 0 Å². The van der Waals surface area contributed by atoms with Gasteiger partial charge in [0.05, 0.1) is 0 Å². The minimum Gasteiger partial charge on any atom is -0.478 e. The molecule has 0 aliphatic rings. The molecular formula is C10H8BrFO2. The van der Waals surface area contributed by atoms with E-state index in [2.05, 4.69) is 15.9 Å². The molecule has 74 valence electrons.